The van der Waals surface area contributed by atoms with E-state index in [0.717, 1.165) is 0 Å². The van der Waals surface area contributed by atoms with Crippen molar-refractivity contribution in [3.63, 3.8) is 0 Å². The lowest BCUT2D eigenvalue weighted by Gasteiger charge is -2.16. The quantitative estimate of drug-likeness (QED) is 0.750. The molecule has 0 spiro atoms. The molecule has 0 unspecified atom stereocenters. The van der Waals surface area contributed by atoms with Gasteiger partial charge in [0.15, 0.2) is 5.79 Å². The number of ether oxygens (including phenoxy) is 2. The summed E-state index contributed by atoms with van der Waals surface area (Å²) in [4.78, 5) is 0. The molecule has 2 aliphatic rings. The number of aryl methyl sites for hydroxylation is 1. The summed E-state index contributed by atoms with van der Waals surface area (Å²) in [6.07, 6.45) is 6.46. The van der Waals surface area contributed by atoms with E-state index < -0.39 is 5.79 Å². The minimum atomic E-state index is -0.488. The molecule has 1 fully saturated rings. The Morgan fingerprint density at radius 1 is 1.11 bits per heavy atom. The van der Waals surface area contributed by atoms with Gasteiger partial charge < -0.3 is 9.47 Å². The van der Waals surface area contributed by atoms with Crippen molar-refractivity contribution in [2.75, 3.05) is 0 Å². The van der Waals surface area contributed by atoms with E-state index in [0.29, 0.717) is 0 Å². The van der Waals surface area contributed by atoms with Crippen molar-refractivity contribution in [2.45, 2.75) is 38.8 Å². The van der Waals surface area contributed by atoms with Crippen LogP contribution in [0.4, 0.5) is 0 Å². The van der Waals surface area contributed by atoms with E-state index >= 15 is 0 Å². The largest absolute Gasteiger partial charge is 0.340 e. The van der Waals surface area contributed by atoms with Crippen molar-refractivity contribution in [3.05, 3.63) is 53.6 Å². The summed E-state index contributed by atoms with van der Waals surface area (Å²) in [6, 6.07) is 8.51. The molecule has 1 heterocycles. The third-order valence-corrected chi connectivity index (χ3v) is 3.32. The van der Waals surface area contributed by atoms with Gasteiger partial charge in [-0.05, 0) is 38.0 Å². The predicted molar refractivity (Wildman–Crippen MR) is 72.1 cm³/mol. The molecule has 3 rings (SSSR count). The Balaban J connectivity index is 1.90. The zero-order valence-electron chi connectivity index (χ0n) is 11.0. The molecular weight excluding hydrogens is 224 g/mol. The van der Waals surface area contributed by atoms with E-state index in [-0.39, 0.29) is 12.2 Å². The van der Waals surface area contributed by atoms with Gasteiger partial charge in [0, 0.05) is 0 Å². The minimum Gasteiger partial charge on any atom is -0.340 e. The monoisotopic (exact) mass is 242 g/mol. The number of rotatable bonds is 1. The fourth-order valence-corrected chi connectivity index (χ4v) is 2.54. The van der Waals surface area contributed by atoms with Crippen molar-refractivity contribution in [3.8, 4) is 0 Å². The standard InChI is InChI=1S/C16H18O2/c1-11-5-4-6-12(9-11)13-7-8-14-15(10-13)18-16(2,3)17-14/h4-10,14-15H,1-3H3/t14-,15+/m0/s1. The highest BCUT2D eigenvalue weighted by molar-refractivity contribution is 5.76. The normalized spacial score (nSPS) is 28.9. The lowest BCUT2D eigenvalue weighted by Crippen LogP contribution is -2.20. The van der Waals surface area contributed by atoms with Gasteiger partial charge in [-0.15, -0.1) is 0 Å². The van der Waals surface area contributed by atoms with Gasteiger partial charge in [-0.2, -0.15) is 0 Å². The molecule has 0 saturated carbocycles. The van der Waals surface area contributed by atoms with Crippen molar-refractivity contribution in [2.24, 2.45) is 0 Å². The number of benzene rings is 1. The molecule has 1 saturated heterocycles. The second-order valence-electron chi connectivity index (χ2n) is 5.42. The Hall–Kier alpha value is -1.38. The highest BCUT2D eigenvalue weighted by Gasteiger charge is 2.40. The maximum atomic E-state index is 5.88. The number of hydrogen-bond donors (Lipinski definition) is 0. The van der Waals surface area contributed by atoms with Crippen LogP contribution < -0.4 is 0 Å². The average Bonchev–Trinajstić information content (AvgIpc) is 2.61. The Labute approximate surface area is 108 Å². The van der Waals surface area contributed by atoms with Gasteiger partial charge in [0.25, 0.3) is 0 Å². The first-order valence-corrected chi connectivity index (χ1v) is 6.36. The molecule has 1 aliphatic carbocycles. The Kier molecular flexibility index (Phi) is 2.65. The van der Waals surface area contributed by atoms with Gasteiger partial charge in [-0.25, -0.2) is 0 Å². The lowest BCUT2D eigenvalue weighted by atomic mass is 9.96. The molecule has 18 heavy (non-hydrogen) atoms. The highest BCUT2D eigenvalue weighted by Crippen LogP contribution is 2.34. The third-order valence-electron chi connectivity index (χ3n) is 3.32. The van der Waals surface area contributed by atoms with Gasteiger partial charge in [0.05, 0.1) is 0 Å². The van der Waals surface area contributed by atoms with Crippen LogP contribution in [0.5, 0.6) is 0 Å². The van der Waals surface area contributed by atoms with Crippen LogP contribution in [0, 0.1) is 6.92 Å². The van der Waals surface area contributed by atoms with Crippen LogP contribution in [0.15, 0.2) is 42.5 Å². The number of hydrogen-bond acceptors (Lipinski definition) is 2. The molecule has 0 amide bonds. The highest BCUT2D eigenvalue weighted by atomic mass is 16.7. The summed E-state index contributed by atoms with van der Waals surface area (Å²) < 4.78 is 11.7. The van der Waals surface area contributed by atoms with Gasteiger partial charge in [-0.3, -0.25) is 0 Å². The van der Waals surface area contributed by atoms with Crippen LogP contribution in [-0.2, 0) is 9.47 Å². The zero-order chi connectivity index (χ0) is 12.8. The summed E-state index contributed by atoms with van der Waals surface area (Å²) >= 11 is 0. The van der Waals surface area contributed by atoms with Gasteiger partial charge >= 0.3 is 0 Å². The molecule has 94 valence electrons. The second kappa shape index (κ2) is 4.08. The van der Waals surface area contributed by atoms with Crippen molar-refractivity contribution in [1.29, 1.82) is 0 Å². The van der Waals surface area contributed by atoms with E-state index in [1.807, 2.05) is 13.8 Å². The molecule has 0 N–H and O–H groups in total. The van der Waals surface area contributed by atoms with Crippen LogP contribution in [0.2, 0.25) is 0 Å². The van der Waals surface area contributed by atoms with Crippen LogP contribution in [0.3, 0.4) is 0 Å². The molecule has 2 heteroatoms. The third kappa shape index (κ3) is 2.14. The maximum absolute atomic E-state index is 5.88. The van der Waals surface area contributed by atoms with Crippen LogP contribution in [0.1, 0.15) is 25.0 Å². The van der Waals surface area contributed by atoms with Crippen molar-refractivity contribution < 1.29 is 9.47 Å². The average molecular weight is 242 g/mol. The van der Waals surface area contributed by atoms with Crippen molar-refractivity contribution >= 4 is 5.57 Å². The van der Waals surface area contributed by atoms with E-state index in [2.05, 4.69) is 49.4 Å². The van der Waals surface area contributed by atoms with Gasteiger partial charge in [0.1, 0.15) is 12.2 Å². The molecule has 1 aliphatic heterocycles. The van der Waals surface area contributed by atoms with Crippen LogP contribution >= 0.6 is 0 Å². The summed E-state index contributed by atoms with van der Waals surface area (Å²) in [5.41, 5.74) is 3.71. The first-order chi connectivity index (χ1) is 8.53. The zero-order valence-corrected chi connectivity index (χ0v) is 11.0. The van der Waals surface area contributed by atoms with Crippen LogP contribution in [-0.4, -0.2) is 18.0 Å². The predicted octanol–water partition coefficient (Wildman–Crippen LogP) is 3.47. The number of fused-ring (bicyclic) bond motifs is 1. The summed E-state index contributed by atoms with van der Waals surface area (Å²) in [7, 11) is 0. The second-order valence-corrected chi connectivity index (χ2v) is 5.42. The molecule has 0 bridgehead atoms. The molecule has 0 aromatic heterocycles. The van der Waals surface area contributed by atoms with E-state index in [9.17, 15) is 0 Å². The SMILES string of the molecule is Cc1cccc(C2=C[C@H]3OC(C)(C)O[C@H]3C=C2)c1. The molecule has 2 nitrogen and oxygen atoms in total. The first-order valence-electron chi connectivity index (χ1n) is 6.36. The maximum Gasteiger partial charge on any atom is 0.164 e. The molecule has 1 aromatic carbocycles. The van der Waals surface area contributed by atoms with E-state index in [1.54, 1.807) is 0 Å². The lowest BCUT2D eigenvalue weighted by molar-refractivity contribution is -0.138. The fourth-order valence-electron chi connectivity index (χ4n) is 2.54. The molecule has 0 radical (unpaired) electrons. The molecule has 2 atom stereocenters. The minimum absolute atomic E-state index is 0.0283. The summed E-state index contributed by atoms with van der Waals surface area (Å²) in [5.74, 6) is -0.488. The first kappa shape index (κ1) is 11.7. The number of allylic oxidation sites excluding steroid dienone is 2. The smallest absolute Gasteiger partial charge is 0.164 e. The molecule has 1 aromatic rings. The fraction of sp³-hybridized carbons (Fsp3) is 0.375. The summed E-state index contributed by atoms with van der Waals surface area (Å²) in [5, 5.41) is 0. The Bertz CT molecular complexity index is 526. The van der Waals surface area contributed by atoms with Gasteiger partial charge in [0.2, 0.25) is 0 Å². The summed E-state index contributed by atoms with van der Waals surface area (Å²) in [6.45, 7) is 6.02. The van der Waals surface area contributed by atoms with Crippen LogP contribution in [0.25, 0.3) is 5.57 Å². The van der Waals surface area contributed by atoms with E-state index in [4.69, 9.17) is 9.47 Å². The van der Waals surface area contributed by atoms with E-state index in [1.165, 1.54) is 16.7 Å². The Morgan fingerprint density at radius 2 is 1.89 bits per heavy atom. The van der Waals surface area contributed by atoms with Crippen molar-refractivity contribution in [1.82, 2.24) is 0 Å². The van der Waals surface area contributed by atoms with Gasteiger partial charge in [-0.1, -0.05) is 42.0 Å². The topological polar surface area (TPSA) is 18.5 Å². The Morgan fingerprint density at radius 3 is 2.67 bits per heavy atom. The molecular formula is C16H18O2.